The van der Waals surface area contributed by atoms with E-state index in [-0.39, 0.29) is 22.2 Å². The smallest absolute Gasteiger partial charge is 0.349 e. The summed E-state index contributed by atoms with van der Waals surface area (Å²) in [6, 6.07) is 0. The van der Waals surface area contributed by atoms with Crippen LogP contribution in [-0.2, 0) is 14.8 Å². The van der Waals surface area contributed by atoms with Crippen molar-refractivity contribution in [2.45, 2.75) is 31.3 Å². The molecule has 1 N–H and O–H groups in total. The Morgan fingerprint density at radius 3 is 2.76 bits per heavy atom. The third-order valence-corrected chi connectivity index (χ3v) is 7.02. The van der Waals surface area contributed by atoms with Crippen LogP contribution >= 0.6 is 11.3 Å². The van der Waals surface area contributed by atoms with E-state index >= 15 is 0 Å². The Morgan fingerprint density at radius 2 is 2.24 bits per heavy atom. The summed E-state index contributed by atoms with van der Waals surface area (Å²) in [5, 5.41) is 11.2. The van der Waals surface area contributed by atoms with Crippen LogP contribution in [0.2, 0.25) is 0 Å². The van der Waals surface area contributed by atoms with Gasteiger partial charge in [-0.1, -0.05) is 0 Å². The summed E-state index contributed by atoms with van der Waals surface area (Å²) in [4.78, 5) is 11.9. The van der Waals surface area contributed by atoms with Gasteiger partial charge >= 0.3 is 5.97 Å². The van der Waals surface area contributed by atoms with Gasteiger partial charge in [-0.3, -0.25) is 0 Å². The number of carbonyl (C=O) groups is 1. The first kappa shape index (κ1) is 16.4. The predicted octanol–water partition coefficient (Wildman–Crippen LogP) is 1.23. The molecule has 2 rings (SSSR count). The van der Waals surface area contributed by atoms with Gasteiger partial charge in [-0.25, -0.2) is 13.2 Å². The minimum absolute atomic E-state index is 0.0330. The van der Waals surface area contributed by atoms with Gasteiger partial charge in [0.05, 0.1) is 13.2 Å². The molecule has 1 aromatic heterocycles. The van der Waals surface area contributed by atoms with Crippen LogP contribution in [0.5, 0.6) is 0 Å². The maximum absolute atomic E-state index is 12.8. The monoisotopic (exact) mass is 333 g/mol. The fourth-order valence-corrected chi connectivity index (χ4v) is 5.65. The summed E-state index contributed by atoms with van der Waals surface area (Å²) in [6.45, 7) is 3.96. The minimum Gasteiger partial charge on any atom is -0.465 e. The number of aryl methyl sites for hydroxylation is 1. The van der Waals surface area contributed by atoms with Gasteiger partial charge in [-0.2, -0.15) is 4.31 Å². The lowest BCUT2D eigenvalue weighted by Gasteiger charge is -2.18. The molecule has 1 aliphatic heterocycles. The average molecular weight is 333 g/mol. The summed E-state index contributed by atoms with van der Waals surface area (Å²) in [7, 11) is -2.52. The van der Waals surface area contributed by atoms with E-state index in [9.17, 15) is 18.3 Å². The summed E-state index contributed by atoms with van der Waals surface area (Å²) < 4.78 is 31.5. The second-order valence-corrected chi connectivity index (χ2v) is 7.98. The zero-order valence-corrected chi connectivity index (χ0v) is 13.8. The number of methoxy groups -OCH3 is 1. The lowest BCUT2D eigenvalue weighted by atomic mass is 10.0. The van der Waals surface area contributed by atoms with Crippen LogP contribution in [0.3, 0.4) is 0 Å². The van der Waals surface area contributed by atoms with Crippen LogP contribution in [0.1, 0.15) is 28.6 Å². The lowest BCUT2D eigenvalue weighted by molar-refractivity contribution is 0.0602. The number of carbonyl (C=O) groups excluding carboxylic acids is 1. The minimum atomic E-state index is -3.75. The van der Waals surface area contributed by atoms with Crippen molar-refractivity contribution in [2.24, 2.45) is 5.92 Å². The molecule has 8 heteroatoms. The summed E-state index contributed by atoms with van der Waals surface area (Å²) >= 11 is 1.07. The molecule has 1 aliphatic rings. The van der Waals surface area contributed by atoms with Crippen molar-refractivity contribution in [3.05, 3.63) is 15.8 Å². The van der Waals surface area contributed by atoms with Gasteiger partial charge in [0.1, 0.15) is 9.77 Å². The van der Waals surface area contributed by atoms with Crippen LogP contribution in [0, 0.1) is 12.8 Å². The number of aliphatic hydroxyl groups is 1. The number of aliphatic hydroxyl groups excluding tert-OH is 1. The molecular formula is C13H19NO5S2. The molecule has 2 heterocycles. The van der Waals surface area contributed by atoms with E-state index in [4.69, 9.17) is 0 Å². The van der Waals surface area contributed by atoms with Gasteiger partial charge < -0.3 is 9.84 Å². The van der Waals surface area contributed by atoms with E-state index in [1.807, 2.05) is 0 Å². The number of hydrogen-bond donors (Lipinski definition) is 1. The number of sulfonamides is 1. The molecule has 2 atom stereocenters. The van der Waals surface area contributed by atoms with Gasteiger partial charge in [-0.15, -0.1) is 11.3 Å². The molecule has 1 aromatic rings. The molecule has 0 bridgehead atoms. The normalized spacial score (nSPS) is 21.4. The Balaban J connectivity index is 2.37. The van der Waals surface area contributed by atoms with E-state index in [0.717, 1.165) is 11.3 Å². The van der Waals surface area contributed by atoms with Crippen molar-refractivity contribution in [2.75, 3.05) is 20.2 Å². The van der Waals surface area contributed by atoms with Crippen LogP contribution in [0.15, 0.2) is 10.3 Å². The molecule has 0 amide bonds. The highest BCUT2D eigenvalue weighted by atomic mass is 32.2. The highest BCUT2D eigenvalue weighted by Crippen LogP contribution is 2.33. The highest BCUT2D eigenvalue weighted by molar-refractivity contribution is 7.89. The van der Waals surface area contributed by atoms with Crippen molar-refractivity contribution >= 4 is 27.3 Å². The quantitative estimate of drug-likeness (QED) is 0.838. The molecule has 21 heavy (non-hydrogen) atoms. The summed E-state index contributed by atoms with van der Waals surface area (Å²) in [5.74, 6) is -0.710. The first-order valence-corrected chi connectivity index (χ1v) is 8.95. The van der Waals surface area contributed by atoms with Crippen LogP contribution in [-0.4, -0.2) is 50.1 Å². The lowest BCUT2D eigenvalue weighted by Crippen LogP contribution is -2.31. The van der Waals surface area contributed by atoms with Crippen molar-refractivity contribution in [3.63, 3.8) is 0 Å². The molecule has 1 saturated heterocycles. The van der Waals surface area contributed by atoms with E-state index < -0.39 is 22.1 Å². The van der Waals surface area contributed by atoms with Crippen molar-refractivity contribution < 1.29 is 23.1 Å². The van der Waals surface area contributed by atoms with E-state index in [2.05, 4.69) is 4.74 Å². The zero-order chi connectivity index (χ0) is 15.8. The Morgan fingerprint density at radius 1 is 1.57 bits per heavy atom. The number of thiophene rings is 1. The van der Waals surface area contributed by atoms with E-state index in [1.165, 1.54) is 11.4 Å². The summed E-state index contributed by atoms with van der Waals surface area (Å²) in [5.41, 5.74) is 0.542. The topological polar surface area (TPSA) is 83.9 Å². The zero-order valence-electron chi connectivity index (χ0n) is 12.2. The second kappa shape index (κ2) is 6.04. The van der Waals surface area contributed by atoms with Crippen molar-refractivity contribution in [1.82, 2.24) is 4.31 Å². The third kappa shape index (κ3) is 2.98. The van der Waals surface area contributed by atoms with Gasteiger partial charge in [0, 0.05) is 13.1 Å². The molecule has 6 nitrogen and oxygen atoms in total. The largest absolute Gasteiger partial charge is 0.465 e. The maximum atomic E-state index is 12.8. The number of nitrogens with zero attached hydrogens (tertiary/aromatic N) is 1. The molecule has 0 spiro atoms. The number of esters is 1. The molecule has 2 unspecified atom stereocenters. The third-order valence-electron chi connectivity index (χ3n) is 3.76. The van der Waals surface area contributed by atoms with E-state index in [0.29, 0.717) is 18.5 Å². The molecule has 118 valence electrons. The van der Waals surface area contributed by atoms with E-state index in [1.54, 1.807) is 19.2 Å². The maximum Gasteiger partial charge on any atom is 0.349 e. The molecule has 0 aliphatic carbocycles. The van der Waals surface area contributed by atoms with Crippen LogP contribution in [0.25, 0.3) is 0 Å². The standard InChI is InChI=1S/C13H19NO5S2/c1-8-7-20-11(13(16)19-3)12(8)21(17,18)14-5-4-10(6-14)9(2)15/h7,9-10,15H,4-6H2,1-3H3. The average Bonchev–Trinajstić information content (AvgIpc) is 3.04. The van der Waals surface area contributed by atoms with Gasteiger partial charge in [0.2, 0.25) is 10.0 Å². The fraction of sp³-hybridized carbons (Fsp3) is 0.615. The van der Waals surface area contributed by atoms with Crippen LogP contribution < -0.4 is 0 Å². The predicted molar refractivity (Wildman–Crippen MR) is 78.9 cm³/mol. The Kier molecular flexibility index (Phi) is 4.72. The fourth-order valence-electron chi connectivity index (χ4n) is 2.48. The molecule has 0 saturated carbocycles. The van der Waals surface area contributed by atoms with Gasteiger partial charge in [-0.05, 0) is 37.1 Å². The summed E-state index contributed by atoms with van der Waals surface area (Å²) in [6.07, 6.45) is 0.0713. The SMILES string of the molecule is COC(=O)c1scc(C)c1S(=O)(=O)N1CCC(C(C)O)C1. The first-order valence-electron chi connectivity index (χ1n) is 6.63. The Labute approximate surface area is 128 Å². The van der Waals surface area contributed by atoms with Gasteiger partial charge in [0.15, 0.2) is 0 Å². The molecule has 0 radical (unpaired) electrons. The first-order chi connectivity index (χ1) is 9.78. The molecular weight excluding hydrogens is 314 g/mol. The second-order valence-electron chi connectivity index (χ2n) is 5.22. The number of hydrogen-bond acceptors (Lipinski definition) is 6. The Bertz CT molecular complexity index is 635. The molecule has 1 fully saturated rings. The number of ether oxygens (including phenoxy) is 1. The Hall–Kier alpha value is -0.960. The van der Waals surface area contributed by atoms with Crippen molar-refractivity contribution in [3.8, 4) is 0 Å². The molecule has 0 aromatic carbocycles. The van der Waals surface area contributed by atoms with Crippen molar-refractivity contribution in [1.29, 1.82) is 0 Å². The highest BCUT2D eigenvalue weighted by Gasteiger charge is 2.38. The van der Waals surface area contributed by atoms with Gasteiger partial charge in [0.25, 0.3) is 0 Å². The van der Waals surface area contributed by atoms with Crippen LogP contribution in [0.4, 0.5) is 0 Å². The number of rotatable bonds is 4.